The molecule has 0 saturated carbocycles. The summed E-state index contributed by atoms with van der Waals surface area (Å²) in [6.07, 6.45) is 5.48. The Kier molecular flexibility index (Phi) is 6.38. The van der Waals surface area contributed by atoms with Gasteiger partial charge in [0.15, 0.2) is 15.3 Å². The summed E-state index contributed by atoms with van der Waals surface area (Å²) in [6, 6.07) is 19.4. The number of thiazole rings is 1. The van der Waals surface area contributed by atoms with Crippen LogP contribution in [0.25, 0.3) is 27.3 Å². The van der Waals surface area contributed by atoms with Crippen molar-refractivity contribution >= 4 is 56.7 Å². The second-order valence-electron chi connectivity index (χ2n) is 6.92. The van der Waals surface area contributed by atoms with E-state index in [1.54, 1.807) is 35.5 Å². The zero-order valence-corrected chi connectivity index (χ0v) is 20.0. The van der Waals surface area contributed by atoms with Crippen LogP contribution in [0, 0.1) is 0 Å². The summed E-state index contributed by atoms with van der Waals surface area (Å²) in [4.78, 5) is 21.4. The number of carbonyl (C=O) groups excluding carboxylic acids is 1. The van der Waals surface area contributed by atoms with Crippen molar-refractivity contribution < 1.29 is 4.79 Å². The maximum atomic E-state index is 12.7. The molecule has 5 rings (SSSR count). The summed E-state index contributed by atoms with van der Waals surface area (Å²) in [5, 5.41) is 12.4. The molecule has 1 N–H and O–H groups in total. The highest BCUT2D eigenvalue weighted by Crippen LogP contribution is 2.31. The third-order valence-corrected chi connectivity index (χ3v) is 7.66. The Labute approximate surface area is 202 Å². The second-order valence-corrected chi connectivity index (χ2v) is 9.95. The number of nitrogens with zero attached hydrogens (tertiary/aromatic N) is 5. The lowest BCUT2D eigenvalue weighted by atomic mass is 10.2. The quantitative estimate of drug-likeness (QED) is 0.306. The molecule has 0 spiro atoms. The van der Waals surface area contributed by atoms with Crippen molar-refractivity contribution in [1.82, 2.24) is 24.7 Å². The molecule has 0 aliphatic rings. The number of nitrogens with one attached hydrogen (secondary N) is 1. The first-order chi connectivity index (χ1) is 16.2. The van der Waals surface area contributed by atoms with Crippen molar-refractivity contribution in [3.8, 4) is 17.1 Å². The minimum absolute atomic E-state index is 0.112. The maximum Gasteiger partial charge on any atom is 0.234 e. The van der Waals surface area contributed by atoms with Crippen LogP contribution in [0.2, 0.25) is 0 Å². The van der Waals surface area contributed by atoms with E-state index in [-0.39, 0.29) is 11.7 Å². The van der Waals surface area contributed by atoms with Gasteiger partial charge >= 0.3 is 0 Å². The van der Waals surface area contributed by atoms with E-state index in [2.05, 4.69) is 25.5 Å². The largest absolute Gasteiger partial charge is 0.325 e. The SMILES string of the molecule is CSc1nc2ccc(NC(=O)CSc3nnc(-c4cccnc4)n3-c3ccccc3)cc2s1. The number of pyridine rings is 1. The molecule has 0 fully saturated rings. The first-order valence-corrected chi connectivity index (χ1v) is 13.0. The highest BCUT2D eigenvalue weighted by atomic mass is 32.2. The fourth-order valence-corrected chi connectivity index (χ4v) is 5.53. The predicted molar refractivity (Wildman–Crippen MR) is 135 cm³/mol. The normalized spacial score (nSPS) is 11.1. The molecular weight excluding hydrogens is 472 g/mol. The molecule has 3 heterocycles. The van der Waals surface area contributed by atoms with Gasteiger partial charge in [-0.15, -0.1) is 21.5 Å². The van der Waals surface area contributed by atoms with Gasteiger partial charge in [0.1, 0.15) is 0 Å². The number of hydrogen-bond donors (Lipinski definition) is 1. The topological polar surface area (TPSA) is 85.6 Å². The number of aromatic nitrogens is 5. The number of rotatable bonds is 7. The number of thioether (sulfide) groups is 2. The molecule has 3 aromatic heterocycles. The number of hydrogen-bond acceptors (Lipinski definition) is 8. The van der Waals surface area contributed by atoms with E-state index in [1.165, 1.54) is 11.8 Å². The highest BCUT2D eigenvalue weighted by molar-refractivity contribution is 8.00. The predicted octanol–water partition coefficient (Wildman–Crippen LogP) is 5.39. The van der Waals surface area contributed by atoms with E-state index in [4.69, 9.17) is 0 Å². The molecular formula is C23H18N6OS3. The molecule has 0 radical (unpaired) electrons. The minimum Gasteiger partial charge on any atom is -0.325 e. The van der Waals surface area contributed by atoms with Gasteiger partial charge < -0.3 is 5.32 Å². The van der Waals surface area contributed by atoms with Crippen molar-refractivity contribution in [3.05, 3.63) is 73.1 Å². The monoisotopic (exact) mass is 490 g/mol. The number of para-hydroxylation sites is 1. The molecule has 2 aromatic carbocycles. The Morgan fingerprint density at radius 1 is 1.09 bits per heavy atom. The van der Waals surface area contributed by atoms with Crippen LogP contribution < -0.4 is 5.32 Å². The van der Waals surface area contributed by atoms with Crippen LogP contribution in [-0.2, 0) is 4.79 Å². The molecule has 7 nitrogen and oxygen atoms in total. The Hall–Kier alpha value is -3.21. The molecule has 0 aliphatic heterocycles. The van der Waals surface area contributed by atoms with Gasteiger partial charge in [-0.3, -0.25) is 14.3 Å². The molecule has 0 atom stereocenters. The van der Waals surface area contributed by atoms with Gasteiger partial charge in [-0.25, -0.2) is 4.98 Å². The molecule has 1 amide bonds. The van der Waals surface area contributed by atoms with Crippen LogP contribution in [0.5, 0.6) is 0 Å². The average molecular weight is 491 g/mol. The molecule has 33 heavy (non-hydrogen) atoms. The second kappa shape index (κ2) is 9.74. The number of fused-ring (bicyclic) bond motifs is 1. The van der Waals surface area contributed by atoms with Gasteiger partial charge in [0, 0.05) is 29.3 Å². The summed E-state index contributed by atoms with van der Waals surface area (Å²) in [5.41, 5.74) is 3.47. The van der Waals surface area contributed by atoms with E-state index >= 15 is 0 Å². The van der Waals surface area contributed by atoms with E-state index in [0.717, 1.165) is 31.5 Å². The number of carbonyl (C=O) groups is 1. The molecule has 0 aliphatic carbocycles. The minimum atomic E-state index is -0.112. The van der Waals surface area contributed by atoms with Crippen LogP contribution in [0.1, 0.15) is 0 Å². The van der Waals surface area contributed by atoms with Crippen molar-refractivity contribution in [2.45, 2.75) is 9.50 Å². The van der Waals surface area contributed by atoms with Crippen LogP contribution in [-0.4, -0.2) is 42.6 Å². The third-order valence-electron chi connectivity index (χ3n) is 4.73. The Bertz CT molecular complexity index is 1400. The summed E-state index contributed by atoms with van der Waals surface area (Å²) < 4.78 is 4.01. The van der Waals surface area contributed by atoms with E-state index in [0.29, 0.717) is 11.0 Å². The van der Waals surface area contributed by atoms with Crippen LogP contribution in [0.3, 0.4) is 0 Å². The van der Waals surface area contributed by atoms with Gasteiger partial charge in [0.05, 0.1) is 16.0 Å². The van der Waals surface area contributed by atoms with Gasteiger partial charge in [-0.05, 0) is 48.7 Å². The van der Waals surface area contributed by atoms with Crippen LogP contribution in [0.15, 0.2) is 82.6 Å². The fraction of sp³-hybridized carbons (Fsp3) is 0.0870. The lowest BCUT2D eigenvalue weighted by molar-refractivity contribution is -0.113. The lowest BCUT2D eigenvalue weighted by Gasteiger charge is -2.10. The molecule has 0 saturated heterocycles. The number of benzene rings is 2. The number of amides is 1. The summed E-state index contributed by atoms with van der Waals surface area (Å²) in [6.45, 7) is 0. The standard InChI is InChI=1S/C23H18N6OS3/c1-31-23-26-18-10-9-16(12-19(18)33-23)25-20(30)14-32-22-28-27-21(15-6-5-11-24-13-15)29(22)17-7-3-2-4-8-17/h2-13H,14H2,1H3,(H,25,30). The first kappa shape index (κ1) is 21.6. The van der Waals surface area contributed by atoms with Crippen molar-refractivity contribution in [2.24, 2.45) is 0 Å². The first-order valence-electron chi connectivity index (χ1n) is 10.00. The van der Waals surface area contributed by atoms with Crippen molar-refractivity contribution in [3.63, 3.8) is 0 Å². The van der Waals surface area contributed by atoms with Gasteiger partial charge in [-0.1, -0.05) is 41.7 Å². The summed E-state index contributed by atoms with van der Waals surface area (Å²) in [5.74, 6) is 0.770. The third kappa shape index (κ3) is 4.77. The maximum absolute atomic E-state index is 12.7. The molecule has 0 bridgehead atoms. The Balaban J connectivity index is 1.35. The van der Waals surface area contributed by atoms with Crippen LogP contribution >= 0.6 is 34.9 Å². The highest BCUT2D eigenvalue weighted by Gasteiger charge is 2.17. The summed E-state index contributed by atoms with van der Waals surface area (Å²) >= 11 is 4.58. The van der Waals surface area contributed by atoms with E-state index < -0.39 is 0 Å². The van der Waals surface area contributed by atoms with Crippen molar-refractivity contribution in [2.75, 3.05) is 17.3 Å². The van der Waals surface area contributed by atoms with Gasteiger partial charge in [0.2, 0.25) is 5.91 Å². The smallest absolute Gasteiger partial charge is 0.234 e. The average Bonchev–Trinajstić information content (AvgIpc) is 3.47. The Morgan fingerprint density at radius 2 is 1.97 bits per heavy atom. The van der Waals surface area contributed by atoms with Gasteiger partial charge in [-0.2, -0.15) is 0 Å². The molecule has 10 heteroatoms. The molecule has 0 unspecified atom stereocenters. The van der Waals surface area contributed by atoms with E-state index in [1.807, 2.05) is 71.5 Å². The zero-order valence-electron chi connectivity index (χ0n) is 17.5. The molecule has 164 valence electrons. The Morgan fingerprint density at radius 3 is 2.76 bits per heavy atom. The zero-order chi connectivity index (χ0) is 22.6. The van der Waals surface area contributed by atoms with Gasteiger partial charge in [0.25, 0.3) is 0 Å². The van der Waals surface area contributed by atoms with Crippen LogP contribution in [0.4, 0.5) is 5.69 Å². The fourth-order valence-electron chi connectivity index (χ4n) is 3.25. The summed E-state index contributed by atoms with van der Waals surface area (Å²) in [7, 11) is 0. The lowest BCUT2D eigenvalue weighted by Crippen LogP contribution is -2.14. The molecule has 5 aromatic rings. The van der Waals surface area contributed by atoms with Crippen molar-refractivity contribution in [1.29, 1.82) is 0 Å². The van der Waals surface area contributed by atoms with E-state index in [9.17, 15) is 4.79 Å². The number of anilines is 1.